The summed E-state index contributed by atoms with van der Waals surface area (Å²) in [4.78, 5) is 6.46. The highest BCUT2D eigenvalue weighted by Gasteiger charge is 2.16. The minimum absolute atomic E-state index is 0.605. The Morgan fingerprint density at radius 2 is 1.59 bits per heavy atom. The highest BCUT2D eigenvalue weighted by atomic mass is 16.5. The van der Waals surface area contributed by atoms with Crippen LogP contribution < -0.4 is 24.3 Å². The molecule has 2 aromatic rings. The number of methoxy groups -OCH3 is 4. The van der Waals surface area contributed by atoms with Crippen LogP contribution in [0.5, 0.6) is 23.0 Å². The maximum Gasteiger partial charge on any atom is 0.203 e. The van der Waals surface area contributed by atoms with Crippen LogP contribution >= 0.6 is 0 Å². The smallest absolute Gasteiger partial charge is 0.203 e. The van der Waals surface area contributed by atoms with Crippen molar-refractivity contribution < 1.29 is 18.9 Å². The number of ether oxygens (including phenoxy) is 4. The Balaban J connectivity index is 1.98. The first-order valence-electron chi connectivity index (χ1n) is 9.40. The van der Waals surface area contributed by atoms with Gasteiger partial charge in [0, 0.05) is 32.7 Å². The largest absolute Gasteiger partial charge is 0.497 e. The number of benzene rings is 2. The molecule has 0 radical (unpaired) electrons. The number of hydrogen-bond donors (Lipinski definition) is 1. The summed E-state index contributed by atoms with van der Waals surface area (Å²) >= 11 is 0. The summed E-state index contributed by atoms with van der Waals surface area (Å²) in [6, 6.07) is 11.9. The molecule has 158 valence electrons. The molecule has 0 unspecified atom stereocenters. The summed E-state index contributed by atoms with van der Waals surface area (Å²) in [5.74, 6) is 3.61. The average Bonchev–Trinajstić information content (AvgIpc) is 2.76. The number of aliphatic imine (C=N–C) groups is 1. The fraction of sp³-hybridized carbons (Fsp3) is 0.409. The normalized spacial score (nSPS) is 11.0. The number of guanidine groups is 1. The van der Waals surface area contributed by atoms with Gasteiger partial charge in [-0.3, -0.25) is 4.99 Å². The van der Waals surface area contributed by atoms with Gasteiger partial charge in [0.25, 0.3) is 0 Å². The zero-order chi connectivity index (χ0) is 21.2. The molecular formula is C22H31N3O4. The summed E-state index contributed by atoms with van der Waals surface area (Å²) in [7, 11) is 10.3. The SMILES string of the molecule is CN=C(NCCc1ccc(OC)c(OC)c1OC)N(C)Cc1ccc(OC)cc1. The second kappa shape index (κ2) is 11.0. The standard InChI is InChI=1S/C22H31N3O4/c1-23-22(25(2)15-16-7-10-18(26-3)11-8-16)24-14-13-17-9-12-19(27-4)21(29-6)20(17)28-5/h7-12H,13-15H2,1-6H3,(H,23,24). The highest BCUT2D eigenvalue weighted by molar-refractivity contribution is 5.79. The van der Waals surface area contributed by atoms with Crippen molar-refractivity contribution in [1.29, 1.82) is 0 Å². The van der Waals surface area contributed by atoms with E-state index >= 15 is 0 Å². The number of rotatable bonds is 9. The molecule has 7 heteroatoms. The van der Waals surface area contributed by atoms with Crippen molar-refractivity contribution in [2.75, 3.05) is 49.1 Å². The van der Waals surface area contributed by atoms with E-state index in [-0.39, 0.29) is 0 Å². The lowest BCUT2D eigenvalue weighted by molar-refractivity contribution is 0.322. The fourth-order valence-electron chi connectivity index (χ4n) is 3.13. The molecule has 0 saturated carbocycles. The van der Waals surface area contributed by atoms with Crippen LogP contribution in [0.2, 0.25) is 0 Å². The third kappa shape index (κ3) is 5.70. The fourth-order valence-corrected chi connectivity index (χ4v) is 3.13. The maximum atomic E-state index is 5.56. The van der Waals surface area contributed by atoms with E-state index in [0.29, 0.717) is 23.8 Å². The molecule has 7 nitrogen and oxygen atoms in total. The molecule has 0 heterocycles. The van der Waals surface area contributed by atoms with Gasteiger partial charge in [0.05, 0.1) is 28.4 Å². The number of nitrogens with zero attached hydrogens (tertiary/aromatic N) is 2. The lowest BCUT2D eigenvalue weighted by Crippen LogP contribution is -2.39. The van der Waals surface area contributed by atoms with E-state index < -0.39 is 0 Å². The van der Waals surface area contributed by atoms with Crippen LogP contribution in [0.25, 0.3) is 0 Å². The van der Waals surface area contributed by atoms with Crippen molar-refractivity contribution in [3.05, 3.63) is 47.5 Å². The van der Waals surface area contributed by atoms with Crippen molar-refractivity contribution in [2.24, 2.45) is 4.99 Å². The Kier molecular flexibility index (Phi) is 8.45. The van der Waals surface area contributed by atoms with E-state index in [4.69, 9.17) is 18.9 Å². The lowest BCUT2D eigenvalue weighted by atomic mass is 10.1. The zero-order valence-corrected chi connectivity index (χ0v) is 18.1. The zero-order valence-electron chi connectivity index (χ0n) is 18.1. The quantitative estimate of drug-likeness (QED) is 0.515. The van der Waals surface area contributed by atoms with Gasteiger partial charge in [-0.25, -0.2) is 0 Å². The summed E-state index contributed by atoms with van der Waals surface area (Å²) in [6.07, 6.45) is 0.749. The van der Waals surface area contributed by atoms with Crippen molar-refractivity contribution in [2.45, 2.75) is 13.0 Å². The van der Waals surface area contributed by atoms with Gasteiger partial charge < -0.3 is 29.2 Å². The lowest BCUT2D eigenvalue weighted by Gasteiger charge is -2.22. The first-order valence-corrected chi connectivity index (χ1v) is 9.40. The van der Waals surface area contributed by atoms with Crippen molar-refractivity contribution >= 4 is 5.96 Å². The predicted octanol–water partition coefficient (Wildman–Crippen LogP) is 2.97. The molecule has 0 amide bonds. The van der Waals surface area contributed by atoms with Gasteiger partial charge >= 0.3 is 0 Å². The van der Waals surface area contributed by atoms with Gasteiger partial charge in [-0.15, -0.1) is 0 Å². The van der Waals surface area contributed by atoms with Gasteiger partial charge in [-0.2, -0.15) is 0 Å². The summed E-state index contributed by atoms with van der Waals surface area (Å²) in [6.45, 7) is 1.44. The third-order valence-electron chi connectivity index (χ3n) is 4.62. The van der Waals surface area contributed by atoms with Crippen molar-refractivity contribution in [3.63, 3.8) is 0 Å². The summed E-state index contributed by atoms with van der Waals surface area (Å²) in [5, 5.41) is 3.40. The molecule has 1 N–H and O–H groups in total. The van der Waals surface area contributed by atoms with Crippen LogP contribution in [0.3, 0.4) is 0 Å². The van der Waals surface area contributed by atoms with E-state index in [0.717, 1.165) is 30.2 Å². The molecule has 2 aromatic carbocycles. The minimum Gasteiger partial charge on any atom is -0.497 e. The average molecular weight is 402 g/mol. The Morgan fingerprint density at radius 3 is 2.14 bits per heavy atom. The molecule has 0 bridgehead atoms. The minimum atomic E-state index is 0.605. The molecule has 0 saturated heterocycles. The highest BCUT2D eigenvalue weighted by Crippen LogP contribution is 2.39. The van der Waals surface area contributed by atoms with Crippen LogP contribution in [0.1, 0.15) is 11.1 Å². The predicted molar refractivity (Wildman–Crippen MR) is 116 cm³/mol. The first kappa shape index (κ1) is 22.2. The van der Waals surface area contributed by atoms with E-state index in [1.165, 1.54) is 5.56 Å². The molecule has 0 atom stereocenters. The number of hydrogen-bond acceptors (Lipinski definition) is 5. The Morgan fingerprint density at radius 1 is 0.897 bits per heavy atom. The van der Waals surface area contributed by atoms with E-state index in [1.54, 1.807) is 35.5 Å². The van der Waals surface area contributed by atoms with Gasteiger partial charge in [-0.05, 0) is 30.2 Å². The molecular weight excluding hydrogens is 370 g/mol. The molecule has 0 aliphatic heterocycles. The van der Waals surface area contributed by atoms with Crippen molar-refractivity contribution in [1.82, 2.24) is 10.2 Å². The van der Waals surface area contributed by atoms with Gasteiger partial charge in [-0.1, -0.05) is 18.2 Å². The van der Waals surface area contributed by atoms with Gasteiger partial charge in [0.2, 0.25) is 5.75 Å². The molecule has 29 heavy (non-hydrogen) atoms. The van der Waals surface area contributed by atoms with Crippen LogP contribution in [-0.4, -0.2) is 59.9 Å². The maximum absolute atomic E-state index is 5.56. The molecule has 0 spiro atoms. The van der Waals surface area contributed by atoms with E-state index in [2.05, 4.69) is 27.3 Å². The van der Waals surface area contributed by atoms with Crippen molar-refractivity contribution in [3.8, 4) is 23.0 Å². The number of nitrogens with one attached hydrogen (secondary N) is 1. The topological polar surface area (TPSA) is 64.6 Å². The van der Waals surface area contributed by atoms with Crippen LogP contribution in [0, 0.1) is 0 Å². The van der Waals surface area contributed by atoms with Gasteiger partial charge in [0.1, 0.15) is 5.75 Å². The summed E-state index contributed by atoms with van der Waals surface area (Å²) < 4.78 is 21.6. The van der Waals surface area contributed by atoms with E-state index in [1.807, 2.05) is 31.3 Å². The van der Waals surface area contributed by atoms with Gasteiger partial charge in [0.15, 0.2) is 17.5 Å². The first-order chi connectivity index (χ1) is 14.1. The van der Waals surface area contributed by atoms with E-state index in [9.17, 15) is 0 Å². The Hall–Kier alpha value is -3.09. The third-order valence-corrected chi connectivity index (χ3v) is 4.62. The Labute approximate surface area is 173 Å². The van der Waals surface area contributed by atoms with Crippen LogP contribution in [-0.2, 0) is 13.0 Å². The van der Waals surface area contributed by atoms with Crippen LogP contribution in [0.4, 0.5) is 0 Å². The summed E-state index contributed by atoms with van der Waals surface area (Å²) in [5.41, 5.74) is 2.21. The monoisotopic (exact) mass is 401 g/mol. The molecule has 0 fully saturated rings. The Bertz CT molecular complexity index is 806. The molecule has 0 aliphatic carbocycles. The molecule has 2 rings (SSSR count). The molecule has 0 aliphatic rings. The second-order valence-corrected chi connectivity index (χ2v) is 6.42. The molecule has 0 aromatic heterocycles. The second-order valence-electron chi connectivity index (χ2n) is 6.42. The van der Waals surface area contributed by atoms with Crippen LogP contribution in [0.15, 0.2) is 41.4 Å².